The first-order valence-electron chi connectivity index (χ1n) is 12.7. The van der Waals surface area contributed by atoms with Crippen molar-refractivity contribution < 1.29 is 49.4 Å². The van der Waals surface area contributed by atoms with Crippen LogP contribution in [0.1, 0.15) is 83.9 Å². The summed E-state index contributed by atoms with van der Waals surface area (Å²) in [7, 11) is 0. The quantitative estimate of drug-likeness (QED) is 0.215. The van der Waals surface area contributed by atoms with Crippen molar-refractivity contribution in [3.63, 3.8) is 0 Å². The topological polar surface area (TPSA) is 179 Å². The van der Waals surface area contributed by atoms with Crippen molar-refractivity contribution in [2.45, 2.75) is 52.9 Å². The molecule has 0 aliphatic carbocycles. The molecule has 1 atom stereocenters. The van der Waals surface area contributed by atoms with Gasteiger partial charge in [0.15, 0.2) is 0 Å². The fourth-order valence-electron chi connectivity index (χ4n) is 3.05. The molecule has 5 N–H and O–H groups in total. The number of esters is 2. The minimum absolute atomic E-state index is 0.111. The Hall–Kier alpha value is -3.60. The number of carbonyl (C=O) groups is 4. The van der Waals surface area contributed by atoms with Gasteiger partial charge < -0.3 is 30.3 Å². The highest BCUT2D eigenvalue weighted by Crippen LogP contribution is 2.19. The molecule has 0 aromatic heterocycles. The lowest BCUT2D eigenvalue weighted by Crippen LogP contribution is -2.32. The molecule has 0 amide bonds. The molecular weight excluding hydrogens is 508 g/mol. The Morgan fingerprint density at radius 3 is 1.54 bits per heavy atom. The van der Waals surface area contributed by atoms with E-state index in [9.17, 15) is 19.2 Å². The summed E-state index contributed by atoms with van der Waals surface area (Å²) >= 11 is 0. The molecule has 0 spiro atoms. The fourth-order valence-corrected chi connectivity index (χ4v) is 3.05. The van der Waals surface area contributed by atoms with Gasteiger partial charge in [0.1, 0.15) is 0 Å². The van der Waals surface area contributed by atoms with E-state index < -0.39 is 29.3 Å². The second-order valence-electron chi connectivity index (χ2n) is 8.81. The number of rotatable bonds is 10. The van der Waals surface area contributed by atoms with Gasteiger partial charge in [0, 0.05) is 5.41 Å². The average Bonchev–Trinajstić information content (AvgIpc) is 3.25. The standard InChI is InChI=1S/C8H4O3.C8H16O2.C7H6O2.C6H14O3/c9-7-5-3-1-2-4-6(5)8(10)11-7;1-3-5-6-7(4-2)8(9)10;8-7(9)6-4-2-1-3-5-6;1-2-6(3-7,4-8)5-9/h1-4H;7H,3-6H2,1-2H3,(H,9,10);1-5H,(H,8,9);7-9H,2-5H2,1H3. The van der Waals surface area contributed by atoms with Gasteiger partial charge in [-0.3, -0.25) is 4.79 Å². The Labute approximate surface area is 228 Å². The molecule has 3 rings (SSSR count). The molecule has 1 aliphatic rings. The van der Waals surface area contributed by atoms with E-state index in [0.29, 0.717) is 23.1 Å². The summed E-state index contributed by atoms with van der Waals surface area (Å²) in [5.74, 6) is -2.73. The molecule has 1 unspecified atom stereocenters. The van der Waals surface area contributed by atoms with E-state index in [1.165, 1.54) is 0 Å². The van der Waals surface area contributed by atoms with Crippen molar-refractivity contribution in [1.29, 1.82) is 0 Å². The van der Waals surface area contributed by atoms with Crippen LogP contribution in [0, 0.1) is 11.3 Å². The van der Waals surface area contributed by atoms with Gasteiger partial charge in [-0.1, -0.05) is 63.9 Å². The van der Waals surface area contributed by atoms with Crippen LogP contribution in [0.4, 0.5) is 0 Å². The molecule has 1 aliphatic heterocycles. The summed E-state index contributed by atoms with van der Waals surface area (Å²) in [6.07, 6.45) is 4.31. The highest BCUT2D eigenvalue weighted by atomic mass is 16.6. The van der Waals surface area contributed by atoms with Gasteiger partial charge in [-0.25, -0.2) is 14.4 Å². The molecule has 2 aromatic rings. The highest BCUT2D eigenvalue weighted by molar-refractivity contribution is 6.14. The second kappa shape index (κ2) is 19.5. The van der Waals surface area contributed by atoms with Gasteiger partial charge in [0.2, 0.25) is 0 Å². The van der Waals surface area contributed by atoms with Crippen molar-refractivity contribution in [2.75, 3.05) is 19.8 Å². The predicted molar refractivity (Wildman–Crippen MR) is 145 cm³/mol. The molecule has 0 bridgehead atoms. The van der Waals surface area contributed by atoms with Crippen molar-refractivity contribution in [1.82, 2.24) is 0 Å². The number of carbonyl (C=O) groups excluding carboxylic acids is 2. The van der Waals surface area contributed by atoms with Crippen molar-refractivity contribution in [2.24, 2.45) is 11.3 Å². The maximum atomic E-state index is 10.8. The number of fused-ring (bicyclic) bond motifs is 1. The van der Waals surface area contributed by atoms with Crippen LogP contribution in [0.3, 0.4) is 0 Å². The van der Waals surface area contributed by atoms with Crippen LogP contribution in [-0.4, -0.2) is 69.2 Å². The smallest absolute Gasteiger partial charge is 0.346 e. The average molecular weight is 549 g/mol. The number of carboxylic acids is 2. The zero-order chi connectivity index (χ0) is 29.8. The normalized spacial score (nSPS) is 12.3. The third kappa shape index (κ3) is 12.7. The number of aliphatic hydroxyl groups is 3. The Morgan fingerprint density at radius 2 is 1.26 bits per heavy atom. The molecular formula is C29H40O10. The van der Waals surface area contributed by atoms with Gasteiger partial charge >= 0.3 is 23.9 Å². The van der Waals surface area contributed by atoms with Crippen LogP contribution >= 0.6 is 0 Å². The van der Waals surface area contributed by atoms with E-state index in [0.717, 1.165) is 25.7 Å². The monoisotopic (exact) mass is 548 g/mol. The number of hydrogen-bond acceptors (Lipinski definition) is 8. The van der Waals surface area contributed by atoms with E-state index in [-0.39, 0.29) is 25.7 Å². The van der Waals surface area contributed by atoms with Crippen LogP contribution in [0.15, 0.2) is 54.6 Å². The first-order chi connectivity index (χ1) is 18.6. The van der Waals surface area contributed by atoms with Crippen molar-refractivity contribution in [3.05, 3.63) is 71.3 Å². The lowest BCUT2D eigenvalue weighted by atomic mass is 9.88. The summed E-state index contributed by atoms with van der Waals surface area (Å²) in [6, 6.07) is 14.8. The molecule has 2 aromatic carbocycles. The van der Waals surface area contributed by atoms with E-state index in [4.69, 9.17) is 25.5 Å². The minimum atomic E-state index is -0.879. The van der Waals surface area contributed by atoms with Crippen LogP contribution in [0.5, 0.6) is 0 Å². The number of ether oxygens (including phenoxy) is 1. The Morgan fingerprint density at radius 1 is 0.795 bits per heavy atom. The van der Waals surface area contributed by atoms with Crippen LogP contribution in [0.25, 0.3) is 0 Å². The van der Waals surface area contributed by atoms with Crippen molar-refractivity contribution in [3.8, 4) is 0 Å². The summed E-state index contributed by atoms with van der Waals surface area (Å²) in [5, 5.41) is 43.0. The number of carboxylic acid groups (broad SMARTS) is 2. The molecule has 1 heterocycles. The summed E-state index contributed by atoms with van der Waals surface area (Å²) < 4.78 is 4.35. The SMILES string of the molecule is CCC(CO)(CO)CO.CCCCC(CC)C(=O)O.O=C(O)c1ccccc1.O=C1OC(=O)c2ccccc21. The number of unbranched alkanes of at least 4 members (excludes halogenated alkanes) is 1. The minimum Gasteiger partial charge on any atom is -0.481 e. The maximum absolute atomic E-state index is 10.8. The van der Waals surface area contributed by atoms with E-state index in [1.54, 1.807) is 54.6 Å². The number of cyclic esters (lactones) is 2. The van der Waals surface area contributed by atoms with Gasteiger partial charge in [0.05, 0.1) is 42.4 Å². The lowest BCUT2D eigenvalue weighted by Gasteiger charge is -2.24. The Balaban J connectivity index is 0.000000496. The molecule has 0 fully saturated rings. The summed E-state index contributed by atoms with van der Waals surface area (Å²) in [4.78, 5) is 42.3. The number of aromatic carboxylic acids is 1. The second-order valence-corrected chi connectivity index (χ2v) is 8.81. The summed E-state index contributed by atoms with van der Waals surface area (Å²) in [6.45, 7) is 5.36. The summed E-state index contributed by atoms with van der Waals surface area (Å²) in [5.41, 5.74) is 0.382. The van der Waals surface area contributed by atoms with Gasteiger partial charge in [0.25, 0.3) is 0 Å². The zero-order valence-electron chi connectivity index (χ0n) is 22.7. The van der Waals surface area contributed by atoms with Crippen LogP contribution < -0.4 is 0 Å². The predicted octanol–water partition coefficient (Wildman–Crippen LogP) is 4.03. The zero-order valence-corrected chi connectivity index (χ0v) is 22.7. The molecule has 216 valence electrons. The lowest BCUT2D eigenvalue weighted by molar-refractivity contribution is -0.142. The molecule has 10 nitrogen and oxygen atoms in total. The fraction of sp³-hybridized carbons (Fsp3) is 0.448. The number of aliphatic carboxylic acids is 1. The maximum Gasteiger partial charge on any atom is 0.346 e. The van der Waals surface area contributed by atoms with E-state index in [1.807, 2.05) is 13.8 Å². The molecule has 10 heteroatoms. The molecule has 0 radical (unpaired) electrons. The van der Waals surface area contributed by atoms with Crippen molar-refractivity contribution >= 4 is 23.9 Å². The molecule has 0 saturated carbocycles. The first-order valence-corrected chi connectivity index (χ1v) is 12.7. The van der Waals surface area contributed by atoms with Crippen LogP contribution in [0.2, 0.25) is 0 Å². The van der Waals surface area contributed by atoms with Gasteiger partial charge in [-0.05, 0) is 43.5 Å². The molecule has 39 heavy (non-hydrogen) atoms. The Kier molecular flexibility index (Phi) is 17.7. The third-order valence-corrected chi connectivity index (χ3v) is 6.08. The molecule has 0 saturated heterocycles. The first kappa shape index (κ1) is 35.4. The van der Waals surface area contributed by atoms with E-state index in [2.05, 4.69) is 11.7 Å². The van der Waals surface area contributed by atoms with E-state index >= 15 is 0 Å². The number of aliphatic hydroxyl groups excluding tert-OH is 3. The number of benzene rings is 2. The van der Waals surface area contributed by atoms with Crippen LogP contribution in [-0.2, 0) is 9.53 Å². The third-order valence-electron chi connectivity index (χ3n) is 6.08. The Bertz CT molecular complexity index is 965. The van der Waals surface area contributed by atoms with Gasteiger partial charge in [-0.2, -0.15) is 0 Å². The number of hydrogen-bond donors (Lipinski definition) is 5. The largest absolute Gasteiger partial charge is 0.481 e. The highest BCUT2D eigenvalue weighted by Gasteiger charge is 2.28. The van der Waals surface area contributed by atoms with Gasteiger partial charge in [-0.15, -0.1) is 0 Å².